The van der Waals surface area contributed by atoms with Gasteiger partial charge < -0.3 is 10.1 Å². The van der Waals surface area contributed by atoms with Crippen molar-refractivity contribution >= 4 is 15.9 Å². The Kier molecular flexibility index (Phi) is 5.78. The molecule has 0 bridgehead atoms. The number of rotatable bonds is 7. The highest BCUT2D eigenvalue weighted by Crippen LogP contribution is 2.16. The minimum absolute atomic E-state index is 0.0213. The molecule has 0 heterocycles. The van der Waals surface area contributed by atoms with Gasteiger partial charge in [0.2, 0.25) is 10.0 Å². The molecule has 1 aromatic rings. The van der Waals surface area contributed by atoms with E-state index in [0.717, 1.165) is 0 Å². The SMILES string of the molecule is CCS(=O)(=O)NCCNC(=O)c1ccccc1OC. The van der Waals surface area contributed by atoms with Crippen LogP contribution in [0.3, 0.4) is 0 Å². The molecule has 7 heteroatoms. The van der Waals surface area contributed by atoms with Gasteiger partial charge in [-0.2, -0.15) is 0 Å². The van der Waals surface area contributed by atoms with Crippen molar-refractivity contribution in [3.63, 3.8) is 0 Å². The molecule has 0 spiro atoms. The minimum Gasteiger partial charge on any atom is -0.496 e. The molecule has 0 aliphatic heterocycles. The van der Waals surface area contributed by atoms with E-state index in [9.17, 15) is 13.2 Å². The number of nitrogens with one attached hydrogen (secondary N) is 2. The standard InChI is InChI=1S/C12H18N2O4S/c1-3-19(16,17)14-9-8-13-12(15)10-6-4-5-7-11(10)18-2/h4-7,14H,3,8-9H2,1-2H3,(H,13,15). The van der Waals surface area contributed by atoms with Crippen LogP contribution in [0.4, 0.5) is 0 Å². The normalized spacial score (nSPS) is 11.1. The zero-order valence-electron chi connectivity index (χ0n) is 11.0. The molecule has 0 radical (unpaired) electrons. The molecule has 6 nitrogen and oxygen atoms in total. The molecule has 0 atom stereocenters. The summed E-state index contributed by atoms with van der Waals surface area (Å²) < 4.78 is 29.8. The number of methoxy groups -OCH3 is 1. The highest BCUT2D eigenvalue weighted by Gasteiger charge is 2.11. The lowest BCUT2D eigenvalue weighted by Gasteiger charge is -2.09. The number of carbonyl (C=O) groups is 1. The van der Waals surface area contributed by atoms with E-state index < -0.39 is 10.0 Å². The third kappa shape index (κ3) is 4.88. The predicted octanol–water partition coefficient (Wildman–Crippen LogP) is 0.364. The summed E-state index contributed by atoms with van der Waals surface area (Å²) in [6, 6.07) is 6.83. The van der Waals surface area contributed by atoms with E-state index in [-0.39, 0.29) is 24.7 Å². The molecule has 0 saturated carbocycles. The summed E-state index contributed by atoms with van der Waals surface area (Å²) in [5.74, 6) is 0.204. The molecule has 0 unspecified atom stereocenters. The van der Waals surface area contributed by atoms with Crippen LogP contribution in [-0.4, -0.2) is 40.3 Å². The number of benzene rings is 1. The molecule has 1 amide bonds. The summed E-state index contributed by atoms with van der Waals surface area (Å²) in [4.78, 5) is 11.9. The quantitative estimate of drug-likeness (QED) is 0.709. The topological polar surface area (TPSA) is 84.5 Å². The first-order valence-corrected chi connectivity index (χ1v) is 7.54. The Hall–Kier alpha value is -1.60. The van der Waals surface area contributed by atoms with Crippen molar-refractivity contribution in [2.45, 2.75) is 6.92 Å². The lowest BCUT2D eigenvalue weighted by atomic mass is 10.2. The molecule has 106 valence electrons. The summed E-state index contributed by atoms with van der Waals surface area (Å²) >= 11 is 0. The van der Waals surface area contributed by atoms with Crippen LogP contribution < -0.4 is 14.8 Å². The molecule has 0 aliphatic rings. The fourth-order valence-electron chi connectivity index (χ4n) is 1.41. The maximum Gasteiger partial charge on any atom is 0.255 e. The Balaban J connectivity index is 2.48. The first-order chi connectivity index (χ1) is 9.00. The first kappa shape index (κ1) is 15.5. The highest BCUT2D eigenvalue weighted by molar-refractivity contribution is 7.89. The summed E-state index contributed by atoms with van der Waals surface area (Å²) in [5, 5.41) is 2.62. The van der Waals surface area contributed by atoms with Crippen molar-refractivity contribution in [3.05, 3.63) is 29.8 Å². The molecule has 0 saturated heterocycles. The van der Waals surface area contributed by atoms with Crippen molar-refractivity contribution in [1.82, 2.24) is 10.0 Å². The summed E-state index contributed by atoms with van der Waals surface area (Å²) in [7, 11) is -1.73. The maximum absolute atomic E-state index is 11.9. The first-order valence-electron chi connectivity index (χ1n) is 5.88. The zero-order valence-corrected chi connectivity index (χ0v) is 11.8. The van der Waals surface area contributed by atoms with Gasteiger partial charge in [0.05, 0.1) is 18.4 Å². The second kappa shape index (κ2) is 7.10. The number of sulfonamides is 1. The molecular formula is C12H18N2O4S. The number of carbonyl (C=O) groups excluding carboxylic acids is 1. The van der Waals surface area contributed by atoms with E-state index in [1.807, 2.05) is 0 Å². The van der Waals surface area contributed by atoms with Gasteiger partial charge in [0, 0.05) is 13.1 Å². The molecule has 0 aliphatic carbocycles. The Morgan fingerprint density at radius 3 is 2.58 bits per heavy atom. The Labute approximate surface area is 113 Å². The third-order valence-corrected chi connectivity index (χ3v) is 3.87. The number of hydrogen-bond acceptors (Lipinski definition) is 4. The van der Waals surface area contributed by atoms with Gasteiger partial charge in [-0.1, -0.05) is 12.1 Å². The zero-order chi connectivity index (χ0) is 14.3. The number of para-hydroxylation sites is 1. The van der Waals surface area contributed by atoms with Crippen molar-refractivity contribution in [2.24, 2.45) is 0 Å². The fourth-order valence-corrected chi connectivity index (χ4v) is 2.03. The van der Waals surface area contributed by atoms with Crippen LogP contribution in [0.25, 0.3) is 0 Å². The van der Waals surface area contributed by atoms with E-state index in [1.54, 1.807) is 31.2 Å². The van der Waals surface area contributed by atoms with E-state index >= 15 is 0 Å². The molecular weight excluding hydrogens is 268 g/mol. The van der Waals surface area contributed by atoms with Gasteiger partial charge in [-0.05, 0) is 19.1 Å². The summed E-state index contributed by atoms with van der Waals surface area (Å²) in [5.41, 5.74) is 0.420. The number of hydrogen-bond donors (Lipinski definition) is 2. The molecule has 0 aromatic heterocycles. The smallest absolute Gasteiger partial charge is 0.255 e. The van der Waals surface area contributed by atoms with Gasteiger partial charge in [-0.25, -0.2) is 13.1 Å². The third-order valence-electron chi connectivity index (χ3n) is 2.46. The number of amides is 1. The lowest BCUT2D eigenvalue weighted by Crippen LogP contribution is -2.35. The van der Waals surface area contributed by atoms with Crippen LogP contribution in [-0.2, 0) is 10.0 Å². The van der Waals surface area contributed by atoms with Crippen molar-refractivity contribution in [1.29, 1.82) is 0 Å². The van der Waals surface area contributed by atoms with Gasteiger partial charge in [0.15, 0.2) is 0 Å². The van der Waals surface area contributed by atoms with Crippen LogP contribution >= 0.6 is 0 Å². The lowest BCUT2D eigenvalue weighted by molar-refractivity contribution is 0.0951. The van der Waals surface area contributed by atoms with Gasteiger partial charge in [-0.3, -0.25) is 4.79 Å². The van der Waals surface area contributed by atoms with Crippen LogP contribution in [0.15, 0.2) is 24.3 Å². The van der Waals surface area contributed by atoms with Crippen molar-refractivity contribution in [2.75, 3.05) is 26.0 Å². The Morgan fingerprint density at radius 2 is 1.95 bits per heavy atom. The average molecular weight is 286 g/mol. The molecule has 1 rings (SSSR count). The molecule has 19 heavy (non-hydrogen) atoms. The van der Waals surface area contributed by atoms with Gasteiger partial charge in [0.25, 0.3) is 5.91 Å². The molecule has 2 N–H and O–H groups in total. The summed E-state index contributed by atoms with van der Waals surface area (Å²) in [6.07, 6.45) is 0. The van der Waals surface area contributed by atoms with Crippen LogP contribution in [0.2, 0.25) is 0 Å². The fraction of sp³-hybridized carbons (Fsp3) is 0.417. The second-order valence-electron chi connectivity index (χ2n) is 3.75. The van der Waals surface area contributed by atoms with Crippen LogP contribution in [0.1, 0.15) is 17.3 Å². The van der Waals surface area contributed by atoms with Crippen molar-refractivity contribution < 1.29 is 17.9 Å². The monoisotopic (exact) mass is 286 g/mol. The van der Waals surface area contributed by atoms with E-state index in [4.69, 9.17) is 4.74 Å². The Bertz CT molecular complexity index is 528. The Morgan fingerprint density at radius 1 is 1.26 bits per heavy atom. The van der Waals surface area contributed by atoms with E-state index in [0.29, 0.717) is 11.3 Å². The van der Waals surface area contributed by atoms with Crippen LogP contribution in [0.5, 0.6) is 5.75 Å². The van der Waals surface area contributed by atoms with Gasteiger partial charge in [0.1, 0.15) is 5.75 Å². The predicted molar refractivity (Wildman–Crippen MR) is 72.8 cm³/mol. The molecule has 0 fully saturated rings. The summed E-state index contributed by atoms with van der Waals surface area (Å²) in [6.45, 7) is 1.93. The number of ether oxygens (including phenoxy) is 1. The average Bonchev–Trinajstić information content (AvgIpc) is 2.43. The minimum atomic E-state index is -3.22. The highest BCUT2D eigenvalue weighted by atomic mass is 32.2. The molecule has 1 aromatic carbocycles. The van der Waals surface area contributed by atoms with E-state index in [2.05, 4.69) is 10.0 Å². The maximum atomic E-state index is 11.9. The van der Waals surface area contributed by atoms with Gasteiger partial charge >= 0.3 is 0 Å². The second-order valence-corrected chi connectivity index (χ2v) is 5.85. The van der Waals surface area contributed by atoms with Gasteiger partial charge in [-0.15, -0.1) is 0 Å². The van der Waals surface area contributed by atoms with Crippen LogP contribution in [0, 0.1) is 0 Å². The largest absolute Gasteiger partial charge is 0.496 e. The van der Waals surface area contributed by atoms with E-state index in [1.165, 1.54) is 7.11 Å². The van der Waals surface area contributed by atoms with Crippen molar-refractivity contribution in [3.8, 4) is 5.75 Å².